The molecule has 0 spiro atoms. The Morgan fingerprint density at radius 2 is 1.83 bits per heavy atom. The molecule has 3 saturated heterocycles. The van der Waals surface area contributed by atoms with E-state index in [2.05, 4.69) is 9.80 Å². The standard InChI is InChI=1S/C19H25FN2O2/c20-18-3-1-2-14(8-18)9-21-10-16-12-22(13-17(16)11-21)19(23)15-4-6-24-7-5-15/h1-3,8,15-17H,4-7,9-13H2/t16-,17-/m0/s1. The van der Waals surface area contributed by atoms with Crippen LogP contribution in [-0.2, 0) is 16.1 Å². The molecule has 24 heavy (non-hydrogen) atoms. The smallest absolute Gasteiger partial charge is 0.225 e. The third kappa shape index (κ3) is 3.33. The highest BCUT2D eigenvalue weighted by Crippen LogP contribution is 2.33. The topological polar surface area (TPSA) is 32.8 Å². The molecule has 0 bridgehead atoms. The molecule has 3 aliphatic heterocycles. The fourth-order valence-electron chi connectivity index (χ4n) is 4.50. The minimum Gasteiger partial charge on any atom is -0.381 e. The van der Waals surface area contributed by atoms with Gasteiger partial charge in [-0.1, -0.05) is 12.1 Å². The number of hydrogen-bond donors (Lipinski definition) is 0. The molecule has 5 heteroatoms. The van der Waals surface area contributed by atoms with E-state index >= 15 is 0 Å². The molecule has 2 atom stereocenters. The highest BCUT2D eigenvalue weighted by atomic mass is 19.1. The Hall–Kier alpha value is -1.46. The van der Waals surface area contributed by atoms with E-state index in [0.717, 1.165) is 64.3 Å². The molecular weight excluding hydrogens is 307 g/mol. The highest BCUT2D eigenvalue weighted by Gasteiger charge is 2.42. The summed E-state index contributed by atoms with van der Waals surface area (Å²) >= 11 is 0. The molecule has 1 amide bonds. The fraction of sp³-hybridized carbons (Fsp3) is 0.632. The number of amides is 1. The van der Waals surface area contributed by atoms with Gasteiger partial charge in [0.2, 0.25) is 5.91 Å². The molecule has 3 fully saturated rings. The molecule has 0 radical (unpaired) electrons. The number of nitrogens with zero attached hydrogens (tertiary/aromatic N) is 2. The molecule has 3 aliphatic rings. The van der Waals surface area contributed by atoms with Crippen LogP contribution in [0.1, 0.15) is 18.4 Å². The van der Waals surface area contributed by atoms with Crippen LogP contribution in [0.2, 0.25) is 0 Å². The maximum atomic E-state index is 13.3. The first-order chi connectivity index (χ1) is 11.7. The van der Waals surface area contributed by atoms with Gasteiger partial charge in [-0.2, -0.15) is 0 Å². The summed E-state index contributed by atoms with van der Waals surface area (Å²) in [6.45, 7) is 6.05. The molecule has 3 heterocycles. The van der Waals surface area contributed by atoms with Crippen molar-refractivity contribution in [2.24, 2.45) is 17.8 Å². The van der Waals surface area contributed by atoms with Crippen molar-refractivity contribution in [2.45, 2.75) is 19.4 Å². The zero-order chi connectivity index (χ0) is 16.5. The summed E-state index contributed by atoms with van der Waals surface area (Å²) in [6, 6.07) is 6.87. The fourth-order valence-corrected chi connectivity index (χ4v) is 4.50. The SMILES string of the molecule is O=C(C1CCOCC1)N1C[C@@H]2CN(Cc3cccc(F)c3)C[C@H]2C1. The van der Waals surface area contributed by atoms with Crippen LogP contribution in [0.15, 0.2) is 24.3 Å². The number of halogens is 1. The van der Waals surface area contributed by atoms with Gasteiger partial charge in [0, 0.05) is 51.9 Å². The first-order valence-corrected chi connectivity index (χ1v) is 9.02. The lowest BCUT2D eigenvalue weighted by atomic mass is 9.99. The van der Waals surface area contributed by atoms with Crippen molar-refractivity contribution in [2.75, 3.05) is 39.4 Å². The van der Waals surface area contributed by atoms with Crippen LogP contribution in [0.5, 0.6) is 0 Å². The van der Waals surface area contributed by atoms with Gasteiger partial charge < -0.3 is 9.64 Å². The molecule has 0 aliphatic carbocycles. The number of fused-ring (bicyclic) bond motifs is 1. The quantitative estimate of drug-likeness (QED) is 0.850. The molecule has 4 rings (SSSR count). The van der Waals surface area contributed by atoms with Gasteiger partial charge >= 0.3 is 0 Å². The first-order valence-electron chi connectivity index (χ1n) is 9.02. The van der Waals surface area contributed by atoms with Crippen LogP contribution < -0.4 is 0 Å². The number of rotatable bonds is 3. The Bertz CT molecular complexity index is 589. The van der Waals surface area contributed by atoms with E-state index in [1.807, 2.05) is 6.07 Å². The molecule has 4 nitrogen and oxygen atoms in total. The molecule has 0 N–H and O–H groups in total. The lowest BCUT2D eigenvalue weighted by molar-refractivity contribution is -0.137. The van der Waals surface area contributed by atoms with Gasteiger partial charge in [-0.15, -0.1) is 0 Å². The summed E-state index contributed by atoms with van der Waals surface area (Å²) in [7, 11) is 0. The molecule has 1 aromatic carbocycles. The number of carbonyl (C=O) groups excluding carboxylic acids is 1. The summed E-state index contributed by atoms with van der Waals surface area (Å²) < 4.78 is 18.7. The van der Waals surface area contributed by atoms with E-state index in [9.17, 15) is 9.18 Å². The Balaban J connectivity index is 1.31. The van der Waals surface area contributed by atoms with Crippen molar-refractivity contribution in [3.63, 3.8) is 0 Å². The predicted octanol–water partition coefficient (Wildman–Crippen LogP) is 2.14. The van der Waals surface area contributed by atoms with E-state index in [1.54, 1.807) is 12.1 Å². The van der Waals surface area contributed by atoms with Gasteiger partial charge in [-0.3, -0.25) is 9.69 Å². The minimum atomic E-state index is -0.167. The Kier molecular flexibility index (Phi) is 4.55. The van der Waals surface area contributed by atoms with E-state index in [0.29, 0.717) is 17.7 Å². The first kappa shape index (κ1) is 16.0. The normalized spacial score (nSPS) is 28.3. The summed E-state index contributed by atoms with van der Waals surface area (Å²) in [5, 5.41) is 0. The third-order valence-electron chi connectivity index (χ3n) is 5.74. The third-order valence-corrected chi connectivity index (χ3v) is 5.74. The summed E-state index contributed by atoms with van der Waals surface area (Å²) in [5.74, 6) is 1.48. The average molecular weight is 332 g/mol. The lowest BCUT2D eigenvalue weighted by Crippen LogP contribution is -2.39. The maximum Gasteiger partial charge on any atom is 0.225 e. The van der Waals surface area contributed by atoms with E-state index in [4.69, 9.17) is 4.74 Å². The zero-order valence-corrected chi connectivity index (χ0v) is 14.0. The van der Waals surface area contributed by atoms with E-state index in [1.165, 1.54) is 6.07 Å². The largest absolute Gasteiger partial charge is 0.381 e. The van der Waals surface area contributed by atoms with E-state index in [-0.39, 0.29) is 11.7 Å². The van der Waals surface area contributed by atoms with Crippen molar-refractivity contribution < 1.29 is 13.9 Å². The summed E-state index contributed by atoms with van der Waals surface area (Å²) in [5.41, 5.74) is 1.03. The molecular formula is C19H25FN2O2. The van der Waals surface area contributed by atoms with Crippen molar-refractivity contribution in [3.05, 3.63) is 35.6 Å². The maximum absolute atomic E-state index is 13.3. The Labute approximate surface area is 142 Å². The Morgan fingerprint density at radius 3 is 2.50 bits per heavy atom. The van der Waals surface area contributed by atoms with Crippen LogP contribution in [0.4, 0.5) is 4.39 Å². The molecule has 1 aromatic rings. The van der Waals surface area contributed by atoms with Crippen LogP contribution in [0.3, 0.4) is 0 Å². The number of ether oxygens (including phenoxy) is 1. The Morgan fingerprint density at radius 1 is 1.12 bits per heavy atom. The van der Waals surface area contributed by atoms with Crippen LogP contribution >= 0.6 is 0 Å². The van der Waals surface area contributed by atoms with Crippen LogP contribution in [-0.4, -0.2) is 55.1 Å². The van der Waals surface area contributed by atoms with Crippen molar-refractivity contribution >= 4 is 5.91 Å². The van der Waals surface area contributed by atoms with Gasteiger partial charge in [-0.25, -0.2) is 4.39 Å². The summed E-state index contributed by atoms with van der Waals surface area (Å²) in [4.78, 5) is 17.1. The van der Waals surface area contributed by atoms with Gasteiger partial charge in [-0.05, 0) is 42.4 Å². The molecule has 0 saturated carbocycles. The van der Waals surface area contributed by atoms with Gasteiger partial charge in [0.1, 0.15) is 5.82 Å². The number of carbonyl (C=O) groups is 1. The van der Waals surface area contributed by atoms with Gasteiger partial charge in [0.25, 0.3) is 0 Å². The monoisotopic (exact) mass is 332 g/mol. The van der Waals surface area contributed by atoms with Crippen molar-refractivity contribution in [1.29, 1.82) is 0 Å². The predicted molar refractivity (Wildman–Crippen MR) is 88.8 cm³/mol. The van der Waals surface area contributed by atoms with Crippen LogP contribution in [0, 0.1) is 23.6 Å². The zero-order valence-electron chi connectivity index (χ0n) is 14.0. The second-order valence-electron chi connectivity index (χ2n) is 7.47. The molecule has 0 aromatic heterocycles. The summed E-state index contributed by atoms with van der Waals surface area (Å²) in [6.07, 6.45) is 1.74. The second kappa shape index (κ2) is 6.81. The number of likely N-dealkylation sites (tertiary alicyclic amines) is 2. The minimum absolute atomic E-state index is 0.167. The van der Waals surface area contributed by atoms with Gasteiger partial charge in [0.15, 0.2) is 0 Å². The second-order valence-corrected chi connectivity index (χ2v) is 7.47. The van der Waals surface area contributed by atoms with Gasteiger partial charge in [0.05, 0.1) is 0 Å². The number of hydrogen-bond acceptors (Lipinski definition) is 3. The van der Waals surface area contributed by atoms with Crippen molar-refractivity contribution in [3.8, 4) is 0 Å². The van der Waals surface area contributed by atoms with E-state index < -0.39 is 0 Å². The average Bonchev–Trinajstić information content (AvgIpc) is 3.13. The number of benzene rings is 1. The van der Waals surface area contributed by atoms with Crippen molar-refractivity contribution in [1.82, 2.24) is 9.80 Å². The molecule has 130 valence electrons. The van der Waals surface area contributed by atoms with Crippen LogP contribution in [0.25, 0.3) is 0 Å². The lowest BCUT2D eigenvalue weighted by Gasteiger charge is -2.27. The highest BCUT2D eigenvalue weighted by molar-refractivity contribution is 5.79. The molecule has 0 unspecified atom stereocenters.